The molecule has 0 bridgehead atoms. The summed E-state index contributed by atoms with van der Waals surface area (Å²) >= 11 is 0. The molecule has 2 heterocycles. The van der Waals surface area contributed by atoms with Gasteiger partial charge in [-0.25, -0.2) is 8.42 Å². The van der Waals surface area contributed by atoms with Crippen LogP contribution in [0.3, 0.4) is 0 Å². The lowest BCUT2D eigenvalue weighted by atomic mass is 10.1. The molecule has 1 aliphatic heterocycles. The van der Waals surface area contributed by atoms with Crippen molar-refractivity contribution in [2.24, 2.45) is 0 Å². The van der Waals surface area contributed by atoms with Gasteiger partial charge in [-0.05, 0) is 69.9 Å². The highest BCUT2D eigenvalue weighted by atomic mass is 32.2. The number of carbonyl (C=O) groups excluding carboxylic acids is 1. The number of rotatable bonds is 7. The van der Waals surface area contributed by atoms with E-state index in [-0.39, 0.29) is 10.7 Å². The number of benzene rings is 1. The Labute approximate surface area is 191 Å². The first-order valence-electron chi connectivity index (χ1n) is 11.2. The monoisotopic (exact) mass is 459 g/mol. The predicted molar refractivity (Wildman–Crippen MR) is 124 cm³/mol. The van der Waals surface area contributed by atoms with Crippen LogP contribution in [0.15, 0.2) is 23.1 Å². The minimum Gasteiger partial charge on any atom is -0.495 e. The number of ketones is 1. The molecule has 32 heavy (non-hydrogen) atoms. The van der Waals surface area contributed by atoms with Crippen molar-refractivity contribution in [1.29, 1.82) is 0 Å². The Morgan fingerprint density at radius 1 is 1.00 bits per heavy atom. The largest absolute Gasteiger partial charge is 0.495 e. The number of hydrogen-bond donors (Lipinski definition) is 0. The summed E-state index contributed by atoms with van der Waals surface area (Å²) < 4.78 is 35.7. The van der Waals surface area contributed by atoms with Gasteiger partial charge in [-0.3, -0.25) is 9.69 Å². The zero-order chi connectivity index (χ0) is 23.2. The van der Waals surface area contributed by atoms with Gasteiger partial charge in [-0.1, -0.05) is 0 Å². The summed E-state index contributed by atoms with van der Waals surface area (Å²) in [7, 11) is -2.17. The van der Waals surface area contributed by atoms with Gasteiger partial charge in [0.15, 0.2) is 5.78 Å². The standard InChI is InChI=1S/C24H33N3O4S/c1-16-12-23(31-5)24(13-17(16)2)32(29,30)26-10-8-25(9-11-26)15-22(28)21-14-18(3)27(19(21)4)20-6-7-20/h12-14,20H,6-11,15H2,1-5H3. The van der Waals surface area contributed by atoms with Crippen LogP contribution in [0.5, 0.6) is 5.75 Å². The Kier molecular flexibility index (Phi) is 6.22. The van der Waals surface area contributed by atoms with Gasteiger partial charge in [0.1, 0.15) is 10.6 Å². The molecule has 0 amide bonds. The summed E-state index contributed by atoms with van der Waals surface area (Å²) in [5, 5.41) is 0. The molecule has 2 fully saturated rings. The van der Waals surface area contributed by atoms with E-state index in [0.29, 0.717) is 44.5 Å². The molecule has 0 unspecified atom stereocenters. The normalized spacial score (nSPS) is 18.2. The lowest BCUT2D eigenvalue weighted by Crippen LogP contribution is -2.49. The first kappa shape index (κ1) is 23.0. The summed E-state index contributed by atoms with van der Waals surface area (Å²) in [6.45, 7) is 10.0. The molecule has 1 saturated heterocycles. The Morgan fingerprint density at radius 2 is 1.62 bits per heavy atom. The van der Waals surface area contributed by atoms with Crippen molar-refractivity contribution < 1.29 is 17.9 Å². The van der Waals surface area contributed by atoms with Gasteiger partial charge < -0.3 is 9.30 Å². The SMILES string of the molecule is COc1cc(C)c(C)cc1S(=O)(=O)N1CCN(CC(=O)c2cc(C)n(C3CC3)c2C)CC1. The minimum absolute atomic E-state index is 0.108. The second-order valence-corrected chi connectivity index (χ2v) is 11.0. The summed E-state index contributed by atoms with van der Waals surface area (Å²) in [5.41, 5.74) is 4.90. The fraction of sp³-hybridized carbons (Fsp3) is 0.542. The van der Waals surface area contributed by atoms with Crippen LogP contribution in [-0.2, 0) is 10.0 Å². The van der Waals surface area contributed by atoms with Crippen LogP contribution in [0.2, 0.25) is 0 Å². The lowest BCUT2D eigenvalue weighted by Gasteiger charge is -2.33. The predicted octanol–water partition coefficient (Wildman–Crippen LogP) is 3.25. The smallest absolute Gasteiger partial charge is 0.246 e. The summed E-state index contributed by atoms with van der Waals surface area (Å²) in [5.74, 6) is 0.480. The van der Waals surface area contributed by atoms with Gasteiger partial charge in [-0.15, -0.1) is 0 Å². The quantitative estimate of drug-likeness (QED) is 0.595. The molecule has 8 heteroatoms. The van der Waals surface area contributed by atoms with E-state index in [2.05, 4.69) is 16.4 Å². The van der Waals surface area contributed by atoms with E-state index in [9.17, 15) is 13.2 Å². The second-order valence-electron chi connectivity index (χ2n) is 9.08. The van der Waals surface area contributed by atoms with E-state index >= 15 is 0 Å². The molecule has 4 rings (SSSR count). The fourth-order valence-corrected chi connectivity index (χ4v) is 6.28. The molecular formula is C24H33N3O4S. The number of sulfonamides is 1. The number of carbonyl (C=O) groups is 1. The van der Waals surface area contributed by atoms with Gasteiger partial charge in [0.2, 0.25) is 10.0 Å². The topological polar surface area (TPSA) is 71.9 Å². The van der Waals surface area contributed by atoms with E-state index in [1.54, 1.807) is 12.1 Å². The van der Waals surface area contributed by atoms with Crippen LogP contribution in [0, 0.1) is 27.7 Å². The van der Waals surface area contributed by atoms with E-state index in [4.69, 9.17) is 4.74 Å². The summed E-state index contributed by atoms with van der Waals surface area (Å²) in [4.78, 5) is 15.3. The van der Waals surface area contributed by atoms with Gasteiger partial charge in [0.05, 0.1) is 13.7 Å². The third-order valence-corrected chi connectivity index (χ3v) is 8.71. The van der Waals surface area contributed by atoms with E-state index in [1.165, 1.54) is 24.3 Å². The number of methoxy groups -OCH3 is 1. The highest BCUT2D eigenvalue weighted by Crippen LogP contribution is 2.38. The second kappa shape index (κ2) is 8.65. The lowest BCUT2D eigenvalue weighted by molar-refractivity contribution is 0.0901. The van der Waals surface area contributed by atoms with Crippen LogP contribution >= 0.6 is 0 Å². The van der Waals surface area contributed by atoms with Crippen molar-refractivity contribution in [3.05, 3.63) is 46.3 Å². The first-order valence-corrected chi connectivity index (χ1v) is 12.7. The molecule has 1 aromatic heterocycles. The number of piperazine rings is 1. The van der Waals surface area contributed by atoms with Crippen molar-refractivity contribution in [1.82, 2.24) is 13.8 Å². The molecule has 174 valence electrons. The Bertz CT molecular complexity index is 1140. The molecule has 0 N–H and O–H groups in total. The maximum Gasteiger partial charge on any atom is 0.246 e. The van der Waals surface area contributed by atoms with E-state index < -0.39 is 10.0 Å². The highest BCUT2D eigenvalue weighted by Gasteiger charge is 2.33. The van der Waals surface area contributed by atoms with Crippen molar-refractivity contribution in [2.45, 2.75) is 51.5 Å². The van der Waals surface area contributed by atoms with Crippen LogP contribution in [0.1, 0.15) is 51.8 Å². The van der Waals surface area contributed by atoms with Crippen LogP contribution < -0.4 is 4.74 Å². The van der Waals surface area contributed by atoms with Crippen molar-refractivity contribution >= 4 is 15.8 Å². The molecule has 1 aromatic carbocycles. The molecule has 7 nitrogen and oxygen atoms in total. The molecular weight excluding hydrogens is 426 g/mol. The van der Waals surface area contributed by atoms with Crippen LogP contribution in [-0.4, -0.2) is 67.8 Å². The van der Waals surface area contributed by atoms with Crippen molar-refractivity contribution in [3.8, 4) is 5.75 Å². The number of Topliss-reactive ketones (excluding diaryl/α,β-unsaturated/α-hetero) is 1. The number of ether oxygens (including phenoxy) is 1. The average Bonchev–Trinajstić information content (AvgIpc) is 3.54. The van der Waals surface area contributed by atoms with Crippen molar-refractivity contribution in [3.63, 3.8) is 0 Å². The molecule has 1 aliphatic carbocycles. The highest BCUT2D eigenvalue weighted by molar-refractivity contribution is 7.89. The van der Waals surface area contributed by atoms with E-state index in [0.717, 1.165) is 28.1 Å². The number of nitrogens with zero attached hydrogens (tertiary/aromatic N) is 3. The molecule has 2 aromatic rings. The summed E-state index contributed by atoms with van der Waals surface area (Å²) in [6.07, 6.45) is 2.37. The first-order chi connectivity index (χ1) is 15.1. The molecule has 0 atom stereocenters. The average molecular weight is 460 g/mol. The number of aromatic nitrogens is 1. The van der Waals surface area contributed by atoms with E-state index in [1.807, 2.05) is 26.8 Å². The van der Waals surface area contributed by atoms with Crippen LogP contribution in [0.25, 0.3) is 0 Å². The number of hydrogen-bond acceptors (Lipinski definition) is 5. The Balaban J connectivity index is 1.43. The molecule has 0 radical (unpaired) electrons. The fourth-order valence-electron chi connectivity index (χ4n) is 4.63. The molecule has 1 saturated carbocycles. The Hall–Kier alpha value is -2.16. The summed E-state index contributed by atoms with van der Waals surface area (Å²) in [6, 6.07) is 6.01. The Morgan fingerprint density at radius 3 is 2.22 bits per heavy atom. The van der Waals surface area contributed by atoms with Gasteiger partial charge in [0.25, 0.3) is 0 Å². The maximum atomic E-state index is 13.3. The molecule has 2 aliphatic rings. The van der Waals surface area contributed by atoms with Gasteiger partial charge >= 0.3 is 0 Å². The number of aryl methyl sites for hydroxylation is 3. The third kappa shape index (κ3) is 4.23. The van der Waals surface area contributed by atoms with Gasteiger partial charge in [-0.2, -0.15) is 4.31 Å². The minimum atomic E-state index is -3.67. The zero-order valence-electron chi connectivity index (χ0n) is 19.6. The maximum absolute atomic E-state index is 13.3. The molecule has 0 spiro atoms. The third-order valence-electron chi connectivity index (χ3n) is 6.79. The zero-order valence-corrected chi connectivity index (χ0v) is 20.5. The van der Waals surface area contributed by atoms with Crippen molar-refractivity contribution in [2.75, 3.05) is 39.8 Å². The van der Waals surface area contributed by atoms with Crippen LogP contribution in [0.4, 0.5) is 0 Å². The van der Waals surface area contributed by atoms with Gasteiger partial charge in [0, 0.05) is 49.2 Å².